The first-order valence-corrected chi connectivity index (χ1v) is 9.38. The first kappa shape index (κ1) is 19.1. The molecule has 0 bridgehead atoms. The van der Waals surface area contributed by atoms with E-state index < -0.39 is 0 Å². The summed E-state index contributed by atoms with van der Waals surface area (Å²) in [7, 11) is 0. The molecule has 0 aliphatic heterocycles. The van der Waals surface area contributed by atoms with Crippen LogP contribution in [0.1, 0.15) is 53.5 Å². The molecule has 144 valence electrons. The van der Waals surface area contributed by atoms with Crippen molar-refractivity contribution in [2.75, 3.05) is 5.32 Å². The van der Waals surface area contributed by atoms with Gasteiger partial charge in [-0.3, -0.25) is 9.78 Å². The lowest BCUT2D eigenvalue weighted by molar-refractivity contribution is 0.366. The molecular formula is C21H29N5O. The molecule has 2 heterocycles. The molecule has 6 heteroatoms. The molecule has 0 amide bonds. The van der Waals surface area contributed by atoms with Crippen molar-refractivity contribution < 1.29 is 0 Å². The van der Waals surface area contributed by atoms with Gasteiger partial charge in [-0.1, -0.05) is 44.2 Å². The highest BCUT2D eigenvalue weighted by Crippen LogP contribution is 2.29. The number of nitrogens with one attached hydrogen (secondary N) is 2. The summed E-state index contributed by atoms with van der Waals surface area (Å²) in [5.41, 5.74) is 1.48. The summed E-state index contributed by atoms with van der Waals surface area (Å²) in [6.45, 7) is 12.7. The third kappa shape index (κ3) is 4.04. The van der Waals surface area contributed by atoms with E-state index in [2.05, 4.69) is 65.4 Å². The second-order valence-corrected chi connectivity index (χ2v) is 8.88. The third-order valence-electron chi connectivity index (χ3n) is 4.83. The van der Waals surface area contributed by atoms with Crippen molar-refractivity contribution in [1.82, 2.24) is 19.7 Å². The first-order valence-electron chi connectivity index (χ1n) is 9.38. The molecular weight excluding hydrogens is 338 g/mol. The minimum absolute atomic E-state index is 0.00521. The van der Waals surface area contributed by atoms with Crippen molar-refractivity contribution in [2.24, 2.45) is 0 Å². The highest BCUT2D eigenvalue weighted by Gasteiger charge is 2.24. The molecule has 3 rings (SSSR count). The van der Waals surface area contributed by atoms with Gasteiger partial charge < -0.3 is 5.32 Å². The average molecular weight is 367 g/mol. The number of H-pyrrole nitrogens is 1. The van der Waals surface area contributed by atoms with Gasteiger partial charge in [0.25, 0.3) is 5.56 Å². The van der Waals surface area contributed by atoms with Crippen LogP contribution in [-0.4, -0.2) is 25.8 Å². The number of fused-ring (bicyclic) bond motifs is 1. The summed E-state index contributed by atoms with van der Waals surface area (Å²) in [5.74, 6) is 0.481. The number of aromatic amines is 1. The van der Waals surface area contributed by atoms with E-state index in [1.54, 1.807) is 10.9 Å². The number of aromatic nitrogens is 4. The highest BCUT2D eigenvalue weighted by molar-refractivity contribution is 5.74. The predicted octanol–water partition coefficient (Wildman–Crippen LogP) is 4.04. The fourth-order valence-electron chi connectivity index (χ4n) is 3.53. The second-order valence-electron chi connectivity index (χ2n) is 8.88. The molecule has 2 N–H and O–H groups in total. The van der Waals surface area contributed by atoms with Crippen LogP contribution in [0.3, 0.4) is 0 Å². The number of rotatable bonds is 5. The first-order chi connectivity index (χ1) is 12.6. The smallest absolute Gasteiger partial charge is 0.263 e. The molecule has 6 nitrogen and oxygen atoms in total. The highest BCUT2D eigenvalue weighted by atomic mass is 16.1. The normalized spacial score (nSPS) is 13.7. The molecule has 0 fully saturated rings. The Morgan fingerprint density at radius 1 is 1.15 bits per heavy atom. The zero-order valence-electron chi connectivity index (χ0n) is 17.0. The lowest BCUT2D eigenvalue weighted by Gasteiger charge is -2.29. The van der Waals surface area contributed by atoms with Crippen LogP contribution in [0, 0.1) is 0 Å². The molecule has 0 spiro atoms. The molecule has 0 saturated carbocycles. The van der Waals surface area contributed by atoms with E-state index in [4.69, 9.17) is 0 Å². The maximum absolute atomic E-state index is 12.4. The number of anilines is 1. The van der Waals surface area contributed by atoms with Crippen molar-refractivity contribution in [2.45, 2.75) is 65.0 Å². The van der Waals surface area contributed by atoms with Gasteiger partial charge in [0, 0.05) is 6.04 Å². The minimum atomic E-state index is -0.249. The standard InChI is InChI=1S/C21H29N5O/c1-14(12-21(5,6)15-10-8-7-9-11-15)23-19-24-17-16(18(27)25-19)13-22-26(17)20(2,3)4/h7-11,13-14H,12H2,1-6H3,(H2,23,24,25,27). The van der Waals surface area contributed by atoms with Crippen molar-refractivity contribution in [1.29, 1.82) is 0 Å². The van der Waals surface area contributed by atoms with Gasteiger partial charge in [0.05, 0.1) is 11.7 Å². The van der Waals surface area contributed by atoms with E-state index in [-0.39, 0.29) is 22.6 Å². The molecule has 0 radical (unpaired) electrons. The van der Waals surface area contributed by atoms with Gasteiger partial charge in [-0.2, -0.15) is 10.1 Å². The molecule has 0 aliphatic carbocycles. The fraction of sp³-hybridized carbons (Fsp3) is 0.476. The maximum Gasteiger partial charge on any atom is 0.263 e. The molecule has 1 unspecified atom stereocenters. The molecule has 2 aromatic heterocycles. The van der Waals surface area contributed by atoms with Crippen molar-refractivity contribution in [3.63, 3.8) is 0 Å². The van der Waals surface area contributed by atoms with E-state index in [1.807, 2.05) is 26.8 Å². The molecule has 1 atom stereocenters. The number of benzene rings is 1. The quantitative estimate of drug-likeness (QED) is 0.713. The van der Waals surface area contributed by atoms with E-state index in [0.717, 1.165) is 6.42 Å². The van der Waals surface area contributed by atoms with Gasteiger partial charge in [0.15, 0.2) is 5.65 Å². The van der Waals surface area contributed by atoms with Gasteiger partial charge in [0.1, 0.15) is 5.39 Å². The Hall–Kier alpha value is -2.63. The van der Waals surface area contributed by atoms with Crippen LogP contribution in [0.4, 0.5) is 5.95 Å². The Morgan fingerprint density at radius 2 is 1.81 bits per heavy atom. The van der Waals surface area contributed by atoms with E-state index >= 15 is 0 Å². The van der Waals surface area contributed by atoms with Crippen LogP contribution in [0.5, 0.6) is 0 Å². The SMILES string of the molecule is CC(CC(C)(C)c1ccccc1)Nc1nc2c(cnn2C(C)(C)C)c(=O)[nH]1. The Labute approximate surface area is 160 Å². The van der Waals surface area contributed by atoms with Crippen LogP contribution in [0.2, 0.25) is 0 Å². The molecule has 0 aliphatic rings. The number of nitrogens with zero attached hydrogens (tertiary/aromatic N) is 3. The average Bonchev–Trinajstić information content (AvgIpc) is 2.99. The Balaban J connectivity index is 1.85. The molecule has 3 aromatic rings. The summed E-state index contributed by atoms with van der Waals surface area (Å²) >= 11 is 0. The minimum Gasteiger partial charge on any atom is -0.353 e. The van der Waals surface area contributed by atoms with Crippen LogP contribution < -0.4 is 10.9 Å². The third-order valence-corrected chi connectivity index (χ3v) is 4.83. The predicted molar refractivity (Wildman–Crippen MR) is 110 cm³/mol. The van der Waals surface area contributed by atoms with Gasteiger partial charge in [0.2, 0.25) is 5.95 Å². The van der Waals surface area contributed by atoms with E-state index in [1.165, 1.54) is 5.56 Å². The van der Waals surface area contributed by atoms with Crippen LogP contribution >= 0.6 is 0 Å². The van der Waals surface area contributed by atoms with Crippen molar-refractivity contribution in [3.05, 3.63) is 52.4 Å². The van der Waals surface area contributed by atoms with Crippen LogP contribution in [0.25, 0.3) is 11.0 Å². The van der Waals surface area contributed by atoms with Crippen LogP contribution in [-0.2, 0) is 11.0 Å². The van der Waals surface area contributed by atoms with Crippen molar-refractivity contribution >= 4 is 17.0 Å². The summed E-state index contributed by atoms with van der Waals surface area (Å²) < 4.78 is 1.79. The zero-order chi connectivity index (χ0) is 19.8. The molecule has 1 aromatic carbocycles. The lowest BCUT2D eigenvalue weighted by Crippen LogP contribution is -2.29. The second kappa shape index (κ2) is 6.83. The largest absolute Gasteiger partial charge is 0.353 e. The van der Waals surface area contributed by atoms with Gasteiger partial charge in [-0.25, -0.2) is 4.68 Å². The van der Waals surface area contributed by atoms with Crippen molar-refractivity contribution in [3.8, 4) is 0 Å². The van der Waals surface area contributed by atoms with Gasteiger partial charge >= 0.3 is 0 Å². The van der Waals surface area contributed by atoms with E-state index in [0.29, 0.717) is 17.0 Å². The zero-order valence-corrected chi connectivity index (χ0v) is 17.0. The number of hydrogen-bond donors (Lipinski definition) is 2. The summed E-state index contributed by atoms with van der Waals surface area (Å²) in [4.78, 5) is 19.9. The molecule has 27 heavy (non-hydrogen) atoms. The van der Waals surface area contributed by atoms with Gasteiger partial charge in [-0.15, -0.1) is 0 Å². The Bertz CT molecular complexity index is 979. The number of hydrogen-bond acceptors (Lipinski definition) is 4. The van der Waals surface area contributed by atoms with E-state index in [9.17, 15) is 4.79 Å². The Morgan fingerprint density at radius 3 is 2.44 bits per heavy atom. The lowest BCUT2D eigenvalue weighted by atomic mass is 9.79. The Kier molecular flexibility index (Phi) is 4.84. The topological polar surface area (TPSA) is 75.6 Å². The monoisotopic (exact) mass is 367 g/mol. The van der Waals surface area contributed by atoms with Crippen LogP contribution in [0.15, 0.2) is 41.3 Å². The van der Waals surface area contributed by atoms with Gasteiger partial charge in [-0.05, 0) is 45.1 Å². The summed E-state index contributed by atoms with van der Waals surface area (Å²) in [6, 6.07) is 10.6. The maximum atomic E-state index is 12.4. The molecule has 0 saturated heterocycles. The fourth-order valence-corrected chi connectivity index (χ4v) is 3.53. The summed E-state index contributed by atoms with van der Waals surface area (Å²) in [6.07, 6.45) is 2.48. The summed E-state index contributed by atoms with van der Waals surface area (Å²) in [5, 5.41) is 8.22.